The molecule has 6 heteroatoms. The molecule has 0 bridgehead atoms. The number of ether oxygens (including phenoxy) is 2. The first-order valence-electron chi connectivity index (χ1n) is 8.32. The predicted octanol–water partition coefficient (Wildman–Crippen LogP) is 2.06. The number of aromatic nitrogens is 1. The van der Waals surface area contributed by atoms with E-state index in [2.05, 4.69) is 10.3 Å². The van der Waals surface area contributed by atoms with Crippen molar-refractivity contribution in [3.05, 3.63) is 53.9 Å². The van der Waals surface area contributed by atoms with Gasteiger partial charge >= 0.3 is 0 Å². The van der Waals surface area contributed by atoms with Gasteiger partial charge < -0.3 is 14.8 Å². The van der Waals surface area contributed by atoms with Crippen LogP contribution in [-0.2, 0) is 22.6 Å². The second-order valence-corrected chi connectivity index (χ2v) is 5.72. The van der Waals surface area contributed by atoms with Gasteiger partial charge in [-0.2, -0.15) is 0 Å². The Morgan fingerprint density at radius 1 is 1.08 bits per heavy atom. The van der Waals surface area contributed by atoms with Crippen LogP contribution < -0.4 is 14.8 Å². The van der Waals surface area contributed by atoms with Crippen LogP contribution in [0.2, 0.25) is 0 Å². The molecule has 0 aliphatic carbocycles. The van der Waals surface area contributed by atoms with Crippen molar-refractivity contribution in [1.82, 2.24) is 10.3 Å². The van der Waals surface area contributed by atoms with Crippen LogP contribution in [0.15, 0.2) is 42.6 Å². The van der Waals surface area contributed by atoms with Crippen molar-refractivity contribution in [3.63, 3.8) is 0 Å². The molecule has 1 aromatic heterocycles. The molecule has 0 saturated carbocycles. The van der Waals surface area contributed by atoms with Gasteiger partial charge in [0.25, 0.3) is 5.91 Å². The number of amides is 1. The van der Waals surface area contributed by atoms with Gasteiger partial charge in [-0.05, 0) is 31.0 Å². The van der Waals surface area contributed by atoms with Crippen LogP contribution in [0.1, 0.15) is 24.1 Å². The van der Waals surface area contributed by atoms with Crippen molar-refractivity contribution in [3.8, 4) is 11.5 Å². The topological polar surface area (TPSA) is 77.5 Å². The number of Topliss-reactive ketones (excluding diaryl/α,β-unsaturated/α-hetero) is 1. The van der Waals surface area contributed by atoms with E-state index in [1.54, 1.807) is 6.20 Å². The molecule has 6 nitrogen and oxygen atoms in total. The second-order valence-electron chi connectivity index (χ2n) is 5.72. The van der Waals surface area contributed by atoms with Gasteiger partial charge in [0.05, 0.1) is 0 Å². The van der Waals surface area contributed by atoms with Crippen molar-refractivity contribution in [2.24, 2.45) is 0 Å². The molecule has 0 spiro atoms. The molecule has 2 aromatic rings. The quantitative estimate of drug-likeness (QED) is 0.781. The summed E-state index contributed by atoms with van der Waals surface area (Å²) in [5.74, 6) is 0.310. The molecule has 25 heavy (non-hydrogen) atoms. The summed E-state index contributed by atoms with van der Waals surface area (Å²) in [6.45, 7) is 1.22. The number of nitrogens with zero attached hydrogens (tertiary/aromatic N) is 1. The summed E-state index contributed by atoms with van der Waals surface area (Å²) in [6, 6.07) is 11.2. The Kier molecular flexibility index (Phi) is 5.61. The number of rotatable bonds is 7. The van der Waals surface area contributed by atoms with Gasteiger partial charge in [0, 0.05) is 30.4 Å². The van der Waals surface area contributed by atoms with E-state index in [0.29, 0.717) is 37.6 Å². The molecule has 1 aliphatic rings. The fourth-order valence-corrected chi connectivity index (χ4v) is 2.64. The number of hydrogen-bond acceptors (Lipinski definition) is 5. The zero-order valence-corrected chi connectivity index (χ0v) is 13.9. The molecule has 130 valence electrons. The molecule has 2 heterocycles. The summed E-state index contributed by atoms with van der Waals surface area (Å²) >= 11 is 0. The highest BCUT2D eigenvalue weighted by atomic mass is 16.6. The zero-order valence-electron chi connectivity index (χ0n) is 13.9. The molecule has 3 rings (SSSR count). The van der Waals surface area contributed by atoms with Crippen LogP contribution >= 0.6 is 0 Å². The molecule has 0 fully saturated rings. The monoisotopic (exact) mass is 340 g/mol. The molecule has 0 radical (unpaired) electrons. The normalized spacial score (nSPS) is 12.5. The van der Waals surface area contributed by atoms with Crippen molar-refractivity contribution in [2.45, 2.75) is 25.8 Å². The third-order valence-electron chi connectivity index (χ3n) is 3.90. The SMILES string of the molecule is O=C(CCCc1ccccn1)C(=O)NCc1cccc2c1OCCO2. The molecule has 0 atom stereocenters. The molecule has 1 amide bonds. The van der Waals surface area contributed by atoms with Gasteiger partial charge in [0.1, 0.15) is 13.2 Å². The summed E-state index contributed by atoms with van der Waals surface area (Å²) < 4.78 is 11.1. The van der Waals surface area contributed by atoms with Crippen molar-refractivity contribution in [1.29, 1.82) is 0 Å². The number of aryl methyl sites for hydroxylation is 1. The number of pyridine rings is 1. The number of nitrogens with one attached hydrogen (secondary N) is 1. The first-order chi connectivity index (χ1) is 12.2. The number of carbonyl (C=O) groups excluding carboxylic acids is 2. The number of hydrogen-bond donors (Lipinski definition) is 1. The van der Waals surface area contributed by atoms with Crippen LogP contribution in [0, 0.1) is 0 Å². The molecular weight excluding hydrogens is 320 g/mol. The fraction of sp³-hybridized carbons (Fsp3) is 0.316. The minimum absolute atomic E-state index is 0.203. The molecule has 0 unspecified atom stereocenters. The van der Waals surface area contributed by atoms with E-state index >= 15 is 0 Å². The smallest absolute Gasteiger partial charge is 0.287 e. The minimum atomic E-state index is -0.574. The first kappa shape index (κ1) is 17.0. The van der Waals surface area contributed by atoms with Gasteiger partial charge in [0.15, 0.2) is 11.5 Å². The lowest BCUT2D eigenvalue weighted by Gasteiger charge is -2.21. The number of fused-ring (bicyclic) bond motifs is 1. The van der Waals surface area contributed by atoms with Crippen molar-refractivity contribution < 1.29 is 19.1 Å². The van der Waals surface area contributed by atoms with Gasteiger partial charge in [-0.3, -0.25) is 14.6 Å². The van der Waals surface area contributed by atoms with E-state index in [1.807, 2.05) is 36.4 Å². The first-order valence-corrected chi connectivity index (χ1v) is 8.32. The van der Waals surface area contributed by atoms with Crippen LogP contribution in [0.25, 0.3) is 0 Å². The molecule has 0 saturated heterocycles. The van der Waals surface area contributed by atoms with Crippen LogP contribution in [0.4, 0.5) is 0 Å². The number of benzene rings is 1. The average Bonchev–Trinajstić information content (AvgIpc) is 2.66. The van der Waals surface area contributed by atoms with Crippen LogP contribution in [-0.4, -0.2) is 29.9 Å². The highest BCUT2D eigenvalue weighted by Gasteiger charge is 2.18. The molecule has 1 N–H and O–H groups in total. The Balaban J connectivity index is 1.47. The maximum atomic E-state index is 12.0. The lowest BCUT2D eigenvalue weighted by molar-refractivity contribution is -0.138. The maximum absolute atomic E-state index is 12.0. The average molecular weight is 340 g/mol. The van der Waals surface area contributed by atoms with Gasteiger partial charge in [-0.1, -0.05) is 18.2 Å². The van der Waals surface area contributed by atoms with Crippen molar-refractivity contribution >= 4 is 11.7 Å². The summed E-state index contributed by atoms with van der Waals surface area (Å²) in [7, 11) is 0. The zero-order chi connectivity index (χ0) is 17.5. The number of carbonyl (C=O) groups is 2. The Bertz CT molecular complexity index is 746. The minimum Gasteiger partial charge on any atom is -0.486 e. The van der Waals surface area contributed by atoms with E-state index in [-0.39, 0.29) is 13.0 Å². The van der Waals surface area contributed by atoms with E-state index in [0.717, 1.165) is 11.3 Å². The Hall–Kier alpha value is -2.89. The second kappa shape index (κ2) is 8.28. The lowest BCUT2D eigenvalue weighted by Crippen LogP contribution is -2.31. The van der Waals surface area contributed by atoms with Gasteiger partial charge in [0.2, 0.25) is 5.78 Å². The molecule has 1 aliphatic heterocycles. The molecule has 1 aromatic carbocycles. The largest absolute Gasteiger partial charge is 0.486 e. The Morgan fingerprint density at radius 3 is 2.80 bits per heavy atom. The highest BCUT2D eigenvalue weighted by Crippen LogP contribution is 2.33. The summed E-state index contributed by atoms with van der Waals surface area (Å²) in [5.41, 5.74) is 1.72. The van der Waals surface area contributed by atoms with E-state index in [1.165, 1.54) is 0 Å². The van der Waals surface area contributed by atoms with Gasteiger partial charge in [-0.25, -0.2) is 0 Å². The summed E-state index contributed by atoms with van der Waals surface area (Å²) in [4.78, 5) is 28.1. The van der Waals surface area contributed by atoms with Crippen LogP contribution in [0.3, 0.4) is 0 Å². The van der Waals surface area contributed by atoms with Crippen molar-refractivity contribution in [2.75, 3.05) is 13.2 Å². The van der Waals surface area contributed by atoms with E-state index in [9.17, 15) is 9.59 Å². The highest BCUT2D eigenvalue weighted by molar-refractivity contribution is 6.36. The standard InChI is InChI=1S/C19H20N2O4/c22-16(8-4-7-15-6-1-2-10-20-15)19(23)21-13-14-5-3-9-17-18(14)25-12-11-24-17/h1-3,5-6,9-10H,4,7-8,11-13H2,(H,21,23). The van der Waals surface area contributed by atoms with E-state index < -0.39 is 11.7 Å². The van der Waals surface area contributed by atoms with Crippen LogP contribution in [0.5, 0.6) is 11.5 Å². The maximum Gasteiger partial charge on any atom is 0.287 e. The number of para-hydroxylation sites is 1. The van der Waals surface area contributed by atoms with E-state index in [4.69, 9.17) is 9.47 Å². The summed E-state index contributed by atoms with van der Waals surface area (Å²) in [6.07, 6.45) is 3.20. The lowest BCUT2D eigenvalue weighted by atomic mass is 10.1. The summed E-state index contributed by atoms with van der Waals surface area (Å²) in [5, 5.41) is 2.66. The third-order valence-corrected chi connectivity index (χ3v) is 3.90. The third kappa shape index (κ3) is 4.56. The molecular formula is C19H20N2O4. The fourth-order valence-electron chi connectivity index (χ4n) is 2.64. The Labute approximate surface area is 146 Å². The Morgan fingerprint density at radius 2 is 1.96 bits per heavy atom. The number of ketones is 1. The van der Waals surface area contributed by atoms with Gasteiger partial charge in [-0.15, -0.1) is 0 Å². The predicted molar refractivity (Wildman–Crippen MR) is 91.5 cm³/mol.